The lowest BCUT2D eigenvalue weighted by molar-refractivity contribution is 0.104. The predicted molar refractivity (Wildman–Crippen MR) is 96.0 cm³/mol. The number of hydrogen-bond donors (Lipinski definition) is 0. The van der Waals surface area contributed by atoms with Crippen molar-refractivity contribution >= 4 is 45.8 Å². The van der Waals surface area contributed by atoms with E-state index >= 15 is 0 Å². The SMILES string of the molecule is Br.Br.O=C(C=CC=Cc1ccccc1)c1ccccc1. The predicted octanol–water partition coefficient (Wildman–Crippen LogP) is 5.29. The van der Waals surface area contributed by atoms with E-state index in [0.717, 1.165) is 5.56 Å². The van der Waals surface area contributed by atoms with Gasteiger partial charge in [-0.3, -0.25) is 4.79 Å². The van der Waals surface area contributed by atoms with Crippen LogP contribution in [-0.4, -0.2) is 5.78 Å². The van der Waals surface area contributed by atoms with Gasteiger partial charge in [0.05, 0.1) is 0 Å². The smallest absolute Gasteiger partial charge is 0.185 e. The standard InChI is InChI=1S/C17H14O.2BrH/c18-17(16-12-5-2-6-13-16)14-8-7-11-15-9-3-1-4-10-15;;/h1-14H;2*1H. The minimum atomic E-state index is 0. The van der Waals surface area contributed by atoms with Gasteiger partial charge in [-0.2, -0.15) is 0 Å². The number of rotatable bonds is 4. The van der Waals surface area contributed by atoms with Gasteiger partial charge in [-0.05, 0) is 11.6 Å². The van der Waals surface area contributed by atoms with Crippen molar-refractivity contribution in [1.82, 2.24) is 0 Å². The monoisotopic (exact) mass is 394 g/mol. The van der Waals surface area contributed by atoms with E-state index in [1.807, 2.05) is 72.8 Å². The van der Waals surface area contributed by atoms with Crippen LogP contribution < -0.4 is 0 Å². The summed E-state index contributed by atoms with van der Waals surface area (Å²) in [5, 5.41) is 0. The van der Waals surface area contributed by atoms with Gasteiger partial charge in [0.15, 0.2) is 5.78 Å². The molecule has 0 saturated carbocycles. The maximum atomic E-state index is 11.7. The largest absolute Gasteiger partial charge is 0.289 e. The average molecular weight is 396 g/mol. The molecule has 0 bridgehead atoms. The zero-order valence-electron chi connectivity index (χ0n) is 10.8. The van der Waals surface area contributed by atoms with Gasteiger partial charge in [-0.15, -0.1) is 34.0 Å². The summed E-state index contributed by atoms with van der Waals surface area (Å²) in [7, 11) is 0. The second-order valence-electron chi connectivity index (χ2n) is 3.86. The lowest BCUT2D eigenvalue weighted by Crippen LogP contribution is -1.92. The summed E-state index contributed by atoms with van der Waals surface area (Å²) < 4.78 is 0. The summed E-state index contributed by atoms with van der Waals surface area (Å²) in [6, 6.07) is 19.2. The third kappa shape index (κ3) is 6.13. The molecule has 104 valence electrons. The molecule has 3 heteroatoms. The van der Waals surface area contributed by atoms with Crippen LogP contribution in [0, 0.1) is 0 Å². The molecule has 0 saturated heterocycles. The lowest BCUT2D eigenvalue weighted by atomic mass is 10.1. The van der Waals surface area contributed by atoms with Gasteiger partial charge in [-0.25, -0.2) is 0 Å². The molecule has 0 N–H and O–H groups in total. The molecule has 0 amide bonds. The Labute approximate surface area is 140 Å². The molecule has 0 heterocycles. The number of carbonyl (C=O) groups excluding carboxylic acids is 1. The van der Waals surface area contributed by atoms with Gasteiger partial charge in [0.2, 0.25) is 0 Å². The molecule has 0 atom stereocenters. The fourth-order valence-electron chi connectivity index (χ4n) is 1.57. The molecule has 2 rings (SSSR count). The van der Waals surface area contributed by atoms with E-state index in [-0.39, 0.29) is 39.7 Å². The van der Waals surface area contributed by atoms with Gasteiger partial charge >= 0.3 is 0 Å². The molecule has 0 fully saturated rings. The van der Waals surface area contributed by atoms with Gasteiger partial charge in [0, 0.05) is 5.56 Å². The first-order valence-corrected chi connectivity index (χ1v) is 5.85. The lowest BCUT2D eigenvalue weighted by Gasteiger charge is -1.92. The number of ketones is 1. The Morgan fingerprint density at radius 1 is 0.750 bits per heavy atom. The Morgan fingerprint density at radius 2 is 1.30 bits per heavy atom. The second kappa shape index (κ2) is 10.4. The summed E-state index contributed by atoms with van der Waals surface area (Å²) in [5.41, 5.74) is 1.83. The minimum absolute atomic E-state index is 0. The van der Waals surface area contributed by atoms with Crippen LogP contribution in [0.15, 0.2) is 78.9 Å². The van der Waals surface area contributed by atoms with E-state index in [9.17, 15) is 4.79 Å². The molecule has 2 aromatic carbocycles. The fraction of sp³-hybridized carbons (Fsp3) is 0. The third-order valence-corrected chi connectivity index (χ3v) is 2.51. The van der Waals surface area contributed by atoms with Crippen LogP contribution in [0.4, 0.5) is 0 Å². The Morgan fingerprint density at radius 3 is 1.90 bits per heavy atom. The van der Waals surface area contributed by atoms with E-state index in [2.05, 4.69) is 0 Å². The second-order valence-corrected chi connectivity index (χ2v) is 3.86. The molecule has 1 nitrogen and oxygen atoms in total. The highest BCUT2D eigenvalue weighted by Gasteiger charge is 1.97. The first kappa shape index (κ1) is 18.6. The van der Waals surface area contributed by atoms with Crippen LogP contribution in [0.3, 0.4) is 0 Å². The highest BCUT2D eigenvalue weighted by molar-refractivity contribution is 8.93. The van der Waals surface area contributed by atoms with Crippen molar-refractivity contribution < 1.29 is 4.79 Å². The van der Waals surface area contributed by atoms with Gasteiger partial charge in [-0.1, -0.05) is 78.9 Å². The quantitative estimate of drug-likeness (QED) is 0.390. The van der Waals surface area contributed by atoms with Gasteiger partial charge in [0.25, 0.3) is 0 Å². The summed E-state index contributed by atoms with van der Waals surface area (Å²) in [5.74, 6) is 0.0216. The molecule has 0 aliphatic rings. The minimum Gasteiger partial charge on any atom is -0.289 e. The Kier molecular flexibility index (Phi) is 9.60. The highest BCUT2D eigenvalue weighted by atomic mass is 79.9. The Hall–Kier alpha value is -1.45. The van der Waals surface area contributed by atoms with Crippen molar-refractivity contribution in [1.29, 1.82) is 0 Å². The molecule has 20 heavy (non-hydrogen) atoms. The number of benzene rings is 2. The van der Waals surface area contributed by atoms with Crippen molar-refractivity contribution in [2.45, 2.75) is 0 Å². The number of hydrogen-bond acceptors (Lipinski definition) is 1. The van der Waals surface area contributed by atoms with Crippen LogP contribution >= 0.6 is 34.0 Å². The molecule has 0 aliphatic carbocycles. The van der Waals surface area contributed by atoms with Crippen molar-refractivity contribution in [2.24, 2.45) is 0 Å². The molecule has 2 aromatic rings. The van der Waals surface area contributed by atoms with Crippen LogP contribution in [0.5, 0.6) is 0 Å². The number of allylic oxidation sites excluding steroid dienone is 3. The highest BCUT2D eigenvalue weighted by Crippen LogP contribution is 2.03. The van der Waals surface area contributed by atoms with Crippen molar-refractivity contribution in [3.63, 3.8) is 0 Å². The summed E-state index contributed by atoms with van der Waals surface area (Å²) in [6.45, 7) is 0. The Bertz CT molecular complexity index is 560. The van der Waals surface area contributed by atoms with E-state index < -0.39 is 0 Å². The van der Waals surface area contributed by atoms with E-state index in [4.69, 9.17) is 0 Å². The van der Waals surface area contributed by atoms with Crippen molar-refractivity contribution in [3.05, 3.63) is 90.0 Å². The zero-order chi connectivity index (χ0) is 12.6. The fourth-order valence-corrected chi connectivity index (χ4v) is 1.57. The molecule has 0 radical (unpaired) electrons. The summed E-state index contributed by atoms with van der Waals surface area (Å²) in [6.07, 6.45) is 7.18. The first-order chi connectivity index (χ1) is 8.86. The topological polar surface area (TPSA) is 17.1 Å². The molecule has 0 spiro atoms. The van der Waals surface area contributed by atoms with Gasteiger partial charge in [0.1, 0.15) is 0 Å². The maximum absolute atomic E-state index is 11.7. The zero-order valence-corrected chi connectivity index (χ0v) is 14.2. The normalized spacial score (nSPS) is 10.0. The third-order valence-electron chi connectivity index (χ3n) is 2.51. The Balaban J connectivity index is 0.00000180. The molecule has 0 unspecified atom stereocenters. The maximum Gasteiger partial charge on any atom is 0.185 e. The van der Waals surface area contributed by atoms with Gasteiger partial charge < -0.3 is 0 Å². The van der Waals surface area contributed by atoms with E-state index in [1.165, 1.54) is 0 Å². The van der Waals surface area contributed by atoms with Crippen LogP contribution in [0.2, 0.25) is 0 Å². The molecular weight excluding hydrogens is 380 g/mol. The van der Waals surface area contributed by atoms with E-state index in [1.54, 1.807) is 12.2 Å². The van der Waals surface area contributed by atoms with Crippen LogP contribution in [-0.2, 0) is 0 Å². The molecular formula is C17H16Br2O. The van der Waals surface area contributed by atoms with Crippen molar-refractivity contribution in [2.75, 3.05) is 0 Å². The molecule has 0 aromatic heterocycles. The average Bonchev–Trinajstić information content (AvgIpc) is 2.45. The van der Waals surface area contributed by atoms with Crippen LogP contribution in [0.1, 0.15) is 15.9 Å². The molecule has 0 aliphatic heterocycles. The summed E-state index contributed by atoms with van der Waals surface area (Å²) >= 11 is 0. The van der Waals surface area contributed by atoms with E-state index in [0.29, 0.717) is 5.56 Å². The summed E-state index contributed by atoms with van der Waals surface area (Å²) in [4.78, 5) is 11.7. The number of halogens is 2. The first-order valence-electron chi connectivity index (χ1n) is 5.85. The number of carbonyl (C=O) groups is 1. The van der Waals surface area contributed by atoms with Crippen molar-refractivity contribution in [3.8, 4) is 0 Å². The van der Waals surface area contributed by atoms with Crippen LogP contribution in [0.25, 0.3) is 6.08 Å².